The van der Waals surface area contributed by atoms with Gasteiger partial charge >= 0.3 is 0 Å². The standard InChI is InChI=1S/C20H22N2O2/c1-22(13-15-4-2-7-18(11-15)20(21)24)19(23)12-14-8-9-16-5-3-6-17(16)10-14/h2,4,7-11H,3,5-6,12-13H2,1H3,(H2,21,24). The Kier molecular flexibility index (Phi) is 4.65. The SMILES string of the molecule is CN(Cc1cccc(C(N)=O)c1)C(=O)Cc1ccc2c(c1)CCC2. The number of aryl methyl sites for hydroxylation is 2. The van der Waals surface area contributed by atoms with Gasteiger partial charge in [-0.15, -0.1) is 0 Å². The summed E-state index contributed by atoms with van der Waals surface area (Å²) in [5.41, 5.74) is 10.5. The number of benzene rings is 2. The molecule has 3 rings (SSSR count). The van der Waals surface area contributed by atoms with Gasteiger partial charge < -0.3 is 10.6 Å². The minimum absolute atomic E-state index is 0.0671. The van der Waals surface area contributed by atoms with Crippen LogP contribution in [0.4, 0.5) is 0 Å². The van der Waals surface area contributed by atoms with Crippen molar-refractivity contribution < 1.29 is 9.59 Å². The van der Waals surface area contributed by atoms with E-state index in [2.05, 4.69) is 18.2 Å². The van der Waals surface area contributed by atoms with Crippen LogP contribution in [0.25, 0.3) is 0 Å². The Morgan fingerprint density at radius 3 is 2.62 bits per heavy atom. The molecule has 0 aromatic heterocycles. The number of hydrogen-bond donors (Lipinski definition) is 1. The summed E-state index contributed by atoms with van der Waals surface area (Å²) in [6, 6.07) is 13.5. The van der Waals surface area contributed by atoms with Gasteiger partial charge in [0.1, 0.15) is 0 Å². The summed E-state index contributed by atoms with van der Waals surface area (Å²) < 4.78 is 0. The molecule has 2 N–H and O–H groups in total. The first-order chi connectivity index (χ1) is 11.5. The number of rotatable bonds is 5. The average Bonchev–Trinajstić information content (AvgIpc) is 3.02. The van der Waals surface area contributed by atoms with E-state index in [1.54, 1.807) is 30.1 Å². The van der Waals surface area contributed by atoms with E-state index in [0.29, 0.717) is 18.5 Å². The fourth-order valence-corrected chi connectivity index (χ4v) is 3.23. The maximum absolute atomic E-state index is 12.5. The van der Waals surface area contributed by atoms with Gasteiger partial charge in [-0.05, 0) is 53.6 Å². The Morgan fingerprint density at radius 2 is 1.83 bits per heavy atom. The molecule has 0 saturated heterocycles. The van der Waals surface area contributed by atoms with Gasteiger partial charge in [0.05, 0.1) is 6.42 Å². The Hall–Kier alpha value is -2.62. The first kappa shape index (κ1) is 16.2. The molecular weight excluding hydrogens is 300 g/mol. The normalized spacial score (nSPS) is 12.7. The minimum Gasteiger partial charge on any atom is -0.366 e. The molecule has 0 bridgehead atoms. The highest BCUT2D eigenvalue weighted by atomic mass is 16.2. The van der Waals surface area contributed by atoms with Gasteiger partial charge in [-0.1, -0.05) is 30.3 Å². The zero-order valence-corrected chi connectivity index (χ0v) is 13.9. The van der Waals surface area contributed by atoms with Crippen molar-refractivity contribution in [2.24, 2.45) is 5.73 Å². The van der Waals surface area contributed by atoms with Crippen LogP contribution >= 0.6 is 0 Å². The van der Waals surface area contributed by atoms with Crippen LogP contribution in [0.1, 0.15) is 39.0 Å². The van der Waals surface area contributed by atoms with E-state index >= 15 is 0 Å². The van der Waals surface area contributed by atoms with Gasteiger partial charge in [-0.25, -0.2) is 0 Å². The number of fused-ring (bicyclic) bond motifs is 1. The number of amides is 2. The summed E-state index contributed by atoms with van der Waals surface area (Å²) in [7, 11) is 1.78. The third kappa shape index (κ3) is 3.65. The molecule has 0 spiro atoms. The molecule has 2 aromatic carbocycles. The van der Waals surface area contributed by atoms with Crippen LogP contribution in [0.2, 0.25) is 0 Å². The molecule has 1 aliphatic rings. The van der Waals surface area contributed by atoms with E-state index in [4.69, 9.17) is 5.73 Å². The number of likely N-dealkylation sites (N-methyl/N-ethyl adjacent to an activating group) is 1. The maximum atomic E-state index is 12.5. The molecule has 4 heteroatoms. The predicted molar refractivity (Wildman–Crippen MR) is 93.6 cm³/mol. The smallest absolute Gasteiger partial charge is 0.248 e. The van der Waals surface area contributed by atoms with Crippen LogP contribution < -0.4 is 5.73 Å². The highest BCUT2D eigenvalue weighted by molar-refractivity contribution is 5.92. The molecule has 0 radical (unpaired) electrons. The largest absolute Gasteiger partial charge is 0.366 e. The molecule has 24 heavy (non-hydrogen) atoms. The molecule has 0 fully saturated rings. The third-order valence-corrected chi connectivity index (χ3v) is 4.58. The van der Waals surface area contributed by atoms with E-state index in [1.165, 1.54) is 17.5 Å². The minimum atomic E-state index is -0.455. The molecule has 124 valence electrons. The molecule has 0 heterocycles. The summed E-state index contributed by atoms with van der Waals surface area (Å²) in [5, 5.41) is 0. The molecule has 0 unspecified atom stereocenters. The summed E-state index contributed by atoms with van der Waals surface area (Å²) >= 11 is 0. The second-order valence-electron chi connectivity index (χ2n) is 6.45. The fraction of sp³-hybridized carbons (Fsp3) is 0.300. The van der Waals surface area contributed by atoms with Crippen molar-refractivity contribution >= 4 is 11.8 Å². The highest BCUT2D eigenvalue weighted by Gasteiger charge is 2.14. The van der Waals surface area contributed by atoms with Crippen LogP contribution in [-0.4, -0.2) is 23.8 Å². The van der Waals surface area contributed by atoms with Crippen LogP contribution in [0.15, 0.2) is 42.5 Å². The van der Waals surface area contributed by atoms with E-state index in [0.717, 1.165) is 24.0 Å². The quantitative estimate of drug-likeness (QED) is 0.919. The topological polar surface area (TPSA) is 63.4 Å². The van der Waals surface area contributed by atoms with Crippen LogP contribution in [-0.2, 0) is 30.6 Å². The zero-order chi connectivity index (χ0) is 17.1. The van der Waals surface area contributed by atoms with Crippen molar-refractivity contribution in [3.63, 3.8) is 0 Å². The number of nitrogens with two attached hydrogens (primary N) is 1. The number of carbonyl (C=O) groups excluding carboxylic acids is 2. The Morgan fingerprint density at radius 1 is 1.04 bits per heavy atom. The molecule has 2 aromatic rings. The van der Waals surface area contributed by atoms with Crippen LogP contribution in [0.5, 0.6) is 0 Å². The lowest BCUT2D eigenvalue weighted by molar-refractivity contribution is -0.129. The Balaban J connectivity index is 1.64. The first-order valence-electron chi connectivity index (χ1n) is 8.26. The lowest BCUT2D eigenvalue weighted by Crippen LogP contribution is -2.28. The maximum Gasteiger partial charge on any atom is 0.248 e. The van der Waals surface area contributed by atoms with Gasteiger partial charge in [0.15, 0.2) is 0 Å². The molecule has 1 aliphatic carbocycles. The summed E-state index contributed by atoms with van der Waals surface area (Å²) in [6.45, 7) is 0.463. The second kappa shape index (κ2) is 6.87. The molecule has 2 amide bonds. The fourth-order valence-electron chi connectivity index (χ4n) is 3.23. The van der Waals surface area contributed by atoms with E-state index < -0.39 is 5.91 Å². The zero-order valence-electron chi connectivity index (χ0n) is 13.9. The van der Waals surface area contributed by atoms with Crippen molar-refractivity contribution in [3.05, 3.63) is 70.3 Å². The van der Waals surface area contributed by atoms with Crippen molar-refractivity contribution in [1.82, 2.24) is 4.90 Å². The van der Waals surface area contributed by atoms with Crippen molar-refractivity contribution in [1.29, 1.82) is 0 Å². The van der Waals surface area contributed by atoms with E-state index in [9.17, 15) is 9.59 Å². The molecular formula is C20H22N2O2. The Bertz CT molecular complexity index is 783. The molecule has 0 aliphatic heterocycles. The summed E-state index contributed by atoms with van der Waals surface area (Å²) in [5.74, 6) is -0.388. The number of hydrogen-bond acceptors (Lipinski definition) is 2. The van der Waals surface area contributed by atoms with E-state index in [1.807, 2.05) is 6.07 Å². The monoisotopic (exact) mass is 322 g/mol. The Labute approximate surface area is 142 Å². The average molecular weight is 322 g/mol. The van der Waals surface area contributed by atoms with Gasteiger partial charge in [0, 0.05) is 19.2 Å². The highest BCUT2D eigenvalue weighted by Crippen LogP contribution is 2.23. The van der Waals surface area contributed by atoms with Gasteiger partial charge in [0.25, 0.3) is 0 Å². The summed E-state index contributed by atoms with van der Waals surface area (Å²) in [4.78, 5) is 25.4. The third-order valence-electron chi connectivity index (χ3n) is 4.58. The van der Waals surface area contributed by atoms with Crippen molar-refractivity contribution in [2.45, 2.75) is 32.2 Å². The van der Waals surface area contributed by atoms with Crippen molar-refractivity contribution in [3.8, 4) is 0 Å². The van der Waals surface area contributed by atoms with Crippen molar-refractivity contribution in [2.75, 3.05) is 7.05 Å². The summed E-state index contributed by atoms with van der Waals surface area (Å²) in [6.07, 6.45) is 3.88. The number of nitrogens with zero attached hydrogens (tertiary/aromatic N) is 1. The number of carbonyl (C=O) groups is 2. The molecule has 0 atom stereocenters. The predicted octanol–water partition coefficient (Wildman–Crippen LogP) is 2.48. The van der Waals surface area contributed by atoms with Gasteiger partial charge in [-0.2, -0.15) is 0 Å². The number of primary amides is 1. The first-order valence-corrected chi connectivity index (χ1v) is 8.26. The van der Waals surface area contributed by atoms with Crippen LogP contribution in [0.3, 0.4) is 0 Å². The lowest BCUT2D eigenvalue weighted by Gasteiger charge is -2.18. The van der Waals surface area contributed by atoms with Gasteiger partial charge in [0.2, 0.25) is 11.8 Å². The molecule has 4 nitrogen and oxygen atoms in total. The lowest BCUT2D eigenvalue weighted by atomic mass is 10.0. The van der Waals surface area contributed by atoms with Gasteiger partial charge in [-0.3, -0.25) is 9.59 Å². The second-order valence-corrected chi connectivity index (χ2v) is 6.45. The molecule has 0 saturated carbocycles. The van der Waals surface area contributed by atoms with E-state index in [-0.39, 0.29) is 5.91 Å². The van der Waals surface area contributed by atoms with Crippen LogP contribution in [0, 0.1) is 0 Å².